The van der Waals surface area contributed by atoms with E-state index in [1.807, 2.05) is 30.3 Å². The molecule has 0 aliphatic carbocycles. The largest absolute Gasteiger partial charge is 0.493 e. The van der Waals surface area contributed by atoms with Crippen LogP contribution in [0.15, 0.2) is 54.6 Å². The van der Waals surface area contributed by atoms with Gasteiger partial charge in [-0.1, -0.05) is 36.4 Å². The van der Waals surface area contributed by atoms with Crippen molar-refractivity contribution in [2.75, 3.05) is 42.3 Å². The van der Waals surface area contributed by atoms with Crippen LogP contribution in [0.5, 0.6) is 34.5 Å². The SMILES string of the molecule is COc1cc(C(=O)C(c2ccc3c(c2)OCO3)C(OC)OC)c(OCc2ccccc2)c(OC)c1OC. The standard InChI is InChI=1S/C28H30O9/c1-30-22-14-19(25(27(32-3)26(22)31-2)35-15-17-9-7-6-8-10-17)24(29)23(28(33-4)34-5)18-11-12-20-21(13-18)37-16-36-20/h6-14,23,28H,15-16H2,1-5H3. The van der Waals surface area contributed by atoms with Crippen molar-refractivity contribution in [2.24, 2.45) is 0 Å². The minimum absolute atomic E-state index is 0.111. The Balaban J connectivity index is 1.85. The van der Waals surface area contributed by atoms with E-state index < -0.39 is 12.2 Å². The molecule has 1 aliphatic rings. The minimum atomic E-state index is -0.908. The molecule has 0 spiro atoms. The quantitative estimate of drug-likeness (QED) is 0.256. The molecule has 3 aromatic rings. The Morgan fingerprint density at radius 1 is 0.811 bits per heavy atom. The molecule has 4 rings (SSSR count). The molecule has 9 nitrogen and oxygen atoms in total. The molecule has 0 radical (unpaired) electrons. The minimum Gasteiger partial charge on any atom is -0.493 e. The van der Waals surface area contributed by atoms with E-state index in [1.165, 1.54) is 35.5 Å². The molecule has 0 saturated carbocycles. The van der Waals surface area contributed by atoms with Crippen molar-refractivity contribution in [2.45, 2.75) is 18.8 Å². The summed E-state index contributed by atoms with van der Waals surface area (Å²) < 4.78 is 45.1. The summed E-state index contributed by atoms with van der Waals surface area (Å²) in [5.74, 6) is 0.974. The number of benzene rings is 3. The molecule has 0 N–H and O–H groups in total. The van der Waals surface area contributed by atoms with Gasteiger partial charge in [0, 0.05) is 14.2 Å². The van der Waals surface area contributed by atoms with Crippen molar-refractivity contribution in [1.29, 1.82) is 0 Å². The van der Waals surface area contributed by atoms with Crippen LogP contribution in [0.3, 0.4) is 0 Å². The Hall–Kier alpha value is -3.95. The monoisotopic (exact) mass is 510 g/mol. The fourth-order valence-corrected chi connectivity index (χ4v) is 4.26. The summed E-state index contributed by atoms with van der Waals surface area (Å²) in [6.07, 6.45) is -0.908. The van der Waals surface area contributed by atoms with E-state index in [1.54, 1.807) is 24.3 Å². The molecule has 3 aromatic carbocycles. The molecule has 0 saturated heterocycles. The summed E-state index contributed by atoms with van der Waals surface area (Å²) in [5, 5.41) is 0. The molecule has 0 bridgehead atoms. The highest BCUT2D eigenvalue weighted by molar-refractivity contribution is 6.05. The van der Waals surface area contributed by atoms with Crippen LogP contribution in [0.25, 0.3) is 0 Å². The second-order valence-electron chi connectivity index (χ2n) is 8.09. The lowest BCUT2D eigenvalue weighted by Crippen LogP contribution is -2.30. The van der Waals surface area contributed by atoms with E-state index in [0.717, 1.165) is 5.56 Å². The zero-order valence-corrected chi connectivity index (χ0v) is 21.4. The van der Waals surface area contributed by atoms with Gasteiger partial charge >= 0.3 is 0 Å². The van der Waals surface area contributed by atoms with Gasteiger partial charge in [-0.05, 0) is 29.3 Å². The van der Waals surface area contributed by atoms with Gasteiger partial charge in [0.25, 0.3) is 0 Å². The molecule has 9 heteroatoms. The van der Waals surface area contributed by atoms with Gasteiger partial charge < -0.3 is 37.9 Å². The van der Waals surface area contributed by atoms with E-state index in [-0.39, 0.29) is 36.2 Å². The number of methoxy groups -OCH3 is 5. The first-order valence-corrected chi connectivity index (χ1v) is 11.5. The van der Waals surface area contributed by atoms with Crippen molar-refractivity contribution in [3.05, 3.63) is 71.3 Å². The summed E-state index contributed by atoms with van der Waals surface area (Å²) in [6, 6.07) is 16.5. The highest BCUT2D eigenvalue weighted by Crippen LogP contribution is 2.48. The zero-order chi connectivity index (χ0) is 26.4. The molecule has 1 aliphatic heterocycles. The van der Waals surface area contributed by atoms with Crippen molar-refractivity contribution >= 4 is 5.78 Å². The van der Waals surface area contributed by atoms with Crippen LogP contribution in [0.1, 0.15) is 27.4 Å². The molecule has 37 heavy (non-hydrogen) atoms. The molecule has 1 heterocycles. The van der Waals surface area contributed by atoms with Crippen LogP contribution in [0.2, 0.25) is 0 Å². The maximum absolute atomic E-state index is 14.3. The first-order chi connectivity index (χ1) is 18.1. The normalized spacial score (nSPS) is 12.8. The van der Waals surface area contributed by atoms with E-state index in [0.29, 0.717) is 28.6 Å². The van der Waals surface area contributed by atoms with Gasteiger partial charge in [0.15, 0.2) is 35.1 Å². The fourth-order valence-electron chi connectivity index (χ4n) is 4.26. The van der Waals surface area contributed by atoms with Crippen molar-refractivity contribution < 1.29 is 42.7 Å². The highest BCUT2D eigenvalue weighted by Gasteiger charge is 2.36. The van der Waals surface area contributed by atoms with Gasteiger partial charge in [-0.15, -0.1) is 0 Å². The van der Waals surface area contributed by atoms with Gasteiger partial charge in [-0.25, -0.2) is 0 Å². The molecule has 1 atom stereocenters. The van der Waals surface area contributed by atoms with Crippen LogP contribution in [0.4, 0.5) is 0 Å². The lowest BCUT2D eigenvalue weighted by Gasteiger charge is -2.26. The lowest BCUT2D eigenvalue weighted by molar-refractivity contribution is -0.110. The van der Waals surface area contributed by atoms with Gasteiger partial charge in [-0.3, -0.25) is 4.79 Å². The Morgan fingerprint density at radius 2 is 1.51 bits per heavy atom. The number of fused-ring (bicyclic) bond motifs is 1. The maximum atomic E-state index is 14.3. The van der Waals surface area contributed by atoms with E-state index in [9.17, 15) is 4.79 Å². The Morgan fingerprint density at radius 3 is 2.16 bits per heavy atom. The third kappa shape index (κ3) is 5.28. The van der Waals surface area contributed by atoms with Crippen LogP contribution in [-0.4, -0.2) is 54.4 Å². The summed E-state index contributed by atoms with van der Waals surface area (Å²) >= 11 is 0. The molecule has 1 unspecified atom stereocenters. The van der Waals surface area contributed by atoms with Crippen LogP contribution in [0, 0.1) is 0 Å². The molecule has 0 amide bonds. The Labute approximate surface area is 215 Å². The highest BCUT2D eigenvalue weighted by atomic mass is 16.7. The summed E-state index contributed by atoms with van der Waals surface area (Å²) in [5.41, 5.74) is 1.75. The predicted octanol–water partition coefficient (Wildman–Crippen LogP) is 4.61. The zero-order valence-electron chi connectivity index (χ0n) is 21.4. The molecule has 0 aromatic heterocycles. The van der Waals surface area contributed by atoms with Crippen LogP contribution >= 0.6 is 0 Å². The lowest BCUT2D eigenvalue weighted by atomic mass is 9.88. The van der Waals surface area contributed by atoms with Gasteiger partial charge in [0.05, 0.1) is 32.8 Å². The average molecular weight is 511 g/mol. The van der Waals surface area contributed by atoms with Gasteiger partial charge in [-0.2, -0.15) is 0 Å². The number of hydrogen-bond acceptors (Lipinski definition) is 9. The first kappa shape index (κ1) is 26.1. The Kier molecular flexibility index (Phi) is 8.37. The van der Waals surface area contributed by atoms with Gasteiger partial charge in [0.1, 0.15) is 6.61 Å². The second kappa shape index (κ2) is 11.9. The number of hydrogen-bond donors (Lipinski definition) is 0. The molecule has 0 fully saturated rings. The van der Waals surface area contributed by atoms with E-state index >= 15 is 0 Å². The maximum Gasteiger partial charge on any atom is 0.231 e. The summed E-state index contributed by atoms with van der Waals surface area (Å²) in [7, 11) is 7.40. The number of Topliss-reactive ketones (excluding diaryl/α,β-unsaturated/α-hetero) is 1. The second-order valence-corrected chi connectivity index (χ2v) is 8.09. The Bertz CT molecular complexity index is 1220. The summed E-state index contributed by atoms with van der Waals surface area (Å²) in [6.45, 7) is 0.305. The van der Waals surface area contributed by atoms with E-state index in [4.69, 9.17) is 37.9 Å². The van der Waals surface area contributed by atoms with Crippen molar-refractivity contribution in [3.63, 3.8) is 0 Å². The average Bonchev–Trinajstić information content (AvgIpc) is 3.42. The molecular formula is C28H30O9. The van der Waals surface area contributed by atoms with Crippen molar-refractivity contribution in [1.82, 2.24) is 0 Å². The number of carbonyl (C=O) groups excluding carboxylic acids is 1. The number of rotatable bonds is 12. The number of carbonyl (C=O) groups is 1. The fraction of sp³-hybridized carbons (Fsp3) is 0.321. The van der Waals surface area contributed by atoms with Crippen LogP contribution in [-0.2, 0) is 16.1 Å². The number of ether oxygens (including phenoxy) is 8. The predicted molar refractivity (Wildman–Crippen MR) is 134 cm³/mol. The third-order valence-corrected chi connectivity index (χ3v) is 6.05. The van der Waals surface area contributed by atoms with Gasteiger partial charge in [0.2, 0.25) is 18.3 Å². The molecular weight excluding hydrogens is 480 g/mol. The van der Waals surface area contributed by atoms with Crippen LogP contribution < -0.4 is 28.4 Å². The topological polar surface area (TPSA) is 90.9 Å². The third-order valence-electron chi connectivity index (χ3n) is 6.05. The smallest absolute Gasteiger partial charge is 0.231 e. The summed E-state index contributed by atoms with van der Waals surface area (Å²) in [4.78, 5) is 14.3. The molecule has 196 valence electrons. The number of ketones is 1. The van der Waals surface area contributed by atoms with Crippen molar-refractivity contribution in [3.8, 4) is 34.5 Å². The van der Waals surface area contributed by atoms with E-state index in [2.05, 4.69) is 0 Å². The first-order valence-electron chi connectivity index (χ1n) is 11.5.